The zero-order valence-electron chi connectivity index (χ0n) is 9.79. The lowest BCUT2D eigenvalue weighted by Gasteiger charge is -2.03. The monoisotopic (exact) mass is 210 g/mol. The lowest BCUT2D eigenvalue weighted by atomic mass is 10.2. The van der Waals surface area contributed by atoms with Crippen LogP contribution < -0.4 is 0 Å². The van der Waals surface area contributed by atoms with Gasteiger partial charge in [-0.3, -0.25) is 0 Å². The van der Waals surface area contributed by atoms with Crippen LogP contribution in [0.2, 0.25) is 0 Å². The highest BCUT2D eigenvalue weighted by molar-refractivity contribution is 7.98. The topological polar surface area (TPSA) is 0 Å². The third kappa shape index (κ3) is 7.02. The van der Waals surface area contributed by atoms with E-state index in [0.717, 1.165) is 11.7 Å². The minimum Gasteiger partial charge on any atom is -0.157 e. The van der Waals surface area contributed by atoms with Crippen LogP contribution in [0.3, 0.4) is 0 Å². The van der Waals surface area contributed by atoms with Crippen LogP contribution in [0.4, 0.5) is 0 Å². The van der Waals surface area contributed by atoms with Crippen molar-refractivity contribution in [2.75, 3.05) is 5.75 Å². The summed E-state index contributed by atoms with van der Waals surface area (Å²) in [5, 5.41) is 0. The molecule has 80 valence electrons. The maximum atomic E-state index is 2.26. The third-order valence-corrected chi connectivity index (χ3v) is 3.00. The van der Waals surface area contributed by atoms with E-state index in [1.54, 1.807) is 0 Å². The quantitative estimate of drug-likeness (QED) is 0.699. The summed E-state index contributed by atoms with van der Waals surface area (Å²) in [7, 11) is 0. The predicted octanol–water partition coefficient (Wildman–Crippen LogP) is 4.60. The maximum Gasteiger partial charge on any atom is 0.0184 e. The van der Waals surface area contributed by atoms with Gasteiger partial charge in [-0.15, -0.1) is 0 Å². The van der Waals surface area contributed by atoms with Gasteiger partial charge in [0.25, 0.3) is 0 Å². The Morgan fingerprint density at radius 2 is 1.64 bits per heavy atom. The van der Waals surface area contributed by atoms with Gasteiger partial charge in [0, 0.05) is 5.75 Å². The van der Waals surface area contributed by atoms with Crippen molar-refractivity contribution in [1.29, 1.82) is 0 Å². The first-order chi connectivity index (χ1) is 6.79. The number of hydrogen-bond acceptors (Lipinski definition) is 1. The fraction of sp³-hybridized carbons (Fsp3) is 0.538. The largest absolute Gasteiger partial charge is 0.157 e. The fourth-order valence-electron chi connectivity index (χ4n) is 0.987. The molecule has 0 amide bonds. The zero-order chi connectivity index (χ0) is 10.8. The van der Waals surface area contributed by atoms with E-state index in [4.69, 9.17) is 0 Å². The number of thioether (sulfide) groups is 1. The van der Waals surface area contributed by atoms with Gasteiger partial charge < -0.3 is 0 Å². The Kier molecular flexibility index (Phi) is 8.86. The fourth-order valence-corrected chi connectivity index (χ4v) is 2.00. The molecule has 0 nitrogen and oxygen atoms in total. The van der Waals surface area contributed by atoms with E-state index in [1.807, 2.05) is 25.6 Å². The summed E-state index contributed by atoms with van der Waals surface area (Å²) in [5.74, 6) is 3.21. The van der Waals surface area contributed by atoms with Crippen LogP contribution in [0.15, 0.2) is 30.3 Å². The molecule has 14 heavy (non-hydrogen) atoms. The molecule has 0 fully saturated rings. The first-order valence-corrected chi connectivity index (χ1v) is 6.56. The molecule has 0 spiro atoms. The van der Waals surface area contributed by atoms with Gasteiger partial charge in [-0.05, 0) is 17.2 Å². The smallest absolute Gasteiger partial charge is 0.0184 e. The summed E-state index contributed by atoms with van der Waals surface area (Å²) in [4.78, 5) is 0. The molecule has 0 bridgehead atoms. The molecule has 1 aromatic carbocycles. The second kappa shape index (κ2) is 9.14. The molecule has 0 unspecified atom stereocenters. The number of rotatable bonds is 4. The van der Waals surface area contributed by atoms with Gasteiger partial charge in [0.1, 0.15) is 0 Å². The summed E-state index contributed by atoms with van der Waals surface area (Å²) < 4.78 is 0. The molecule has 0 saturated carbocycles. The summed E-state index contributed by atoms with van der Waals surface area (Å²) in [5.41, 5.74) is 1.43. The van der Waals surface area contributed by atoms with Gasteiger partial charge >= 0.3 is 0 Å². The van der Waals surface area contributed by atoms with Gasteiger partial charge in [0.15, 0.2) is 0 Å². The molecule has 0 aliphatic rings. The molecule has 0 saturated heterocycles. The second-order valence-corrected chi connectivity index (χ2v) is 4.42. The summed E-state index contributed by atoms with van der Waals surface area (Å²) in [6.45, 7) is 8.52. The molecule has 1 rings (SSSR count). The van der Waals surface area contributed by atoms with Crippen molar-refractivity contribution in [3.63, 3.8) is 0 Å². The van der Waals surface area contributed by atoms with E-state index < -0.39 is 0 Å². The van der Waals surface area contributed by atoms with Crippen molar-refractivity contribution in [3.05, 3.63) is 35.9 Å². The number of benzene rings is 1. The molecule has 0 aliphatic carbocycles. The van der Waals surface area contributed by atoms with Crippen LogP contribution in [0.1, 0.15) is 33.3 Å². The molecule has 0 N–H and O–H groups in total. The maximum absolute atomic E-state index is 2.26. The first-order valence-electron chi connectivity index (χ1n) is 5.40. The molecule has 0 atom stereocenters. The molecule has 0 aliphatic heterocycles. The van der Waals surface area contributed by atoms with E-state index in [-0.39, 0.29) is 0 Å². The highest BCUT2D eigenvalue weighted by atomic mass is 32.2. The Labute approximate surface area is 93.1 Å². The van der Waals surface area contributed by atoms with Gasteiger partial charge in [-0.1, -0.05) is 58.0 Å². The van der Waals surface area contributed by atoms with Crippen molar-refractivity contribution in [2.45, 2.75) is 33.4 Å². The van der Waals surface area contributed by atoms with Crippen LogP contribution in [0.25, 0.3) is 0 Å². The van der Waals surface area contributed by atoms with E-state index in [2.05, 4.69) is 44.2 Å². The highest BCUT2D eigenvalue weighted by Gasteiger charge is 1.94. The summed E-state index contributed by atoms with van der Waals surface area (Å²) in [6.07, 6.45) is 0. The van der Waals surface area contributed by atoms with Crippen LogP contribution in [-0.4, -0.2) is 5.75 Å². The van der Waals surface area contributed by atoms with Crippen LogP contribution in [0, 0.1) is 5.92 Å². The van der Waals surface area contributed by atoms with Crippen molar-refractivity contribution in [2.24, 2.45) is 5.92 Å². The number of hydrogen-bond donors (Lipinski definition) is 0. The van der Waals surface area contributed by atoms with Crippen molar-refractivity contribution in [3.8, 4) is 0 Å². The Balaban J connectivity index is 0.000000791. The van der Waals surface area contributed by atoms with E-state index >= 15 is 0 Å². The van der Waals surface area contributed by atoms with Crippen LogP contribution >= 0.6 is 11.8 Å². The predicted molar refractivity (Wildman–Crippen MR) is 68.8 cm³/mol. The van der Waals surface area contributed by atoms with Crippen LogP contribution in [-0.2, 0) is 5.75 Å². The van der Waals surface area contributed by atoms with E-state index in [0.29, 0.717) is 0 Å². The van der Waals surface area contributed by atoms with E-state index in [9.17, 15) is 0 Å². The summed E-state index contributed by atoms with van der Waals surface area (Å²) >= 11 is 2.01. The van der Waals surface area contributed by atoms with Crippen LogP contribution in [0.5, 0.6) is 0 Å². The molecule has 0 aromatic heterocycles. The van der Waals surface area contributed by atoms with E-state index in [1.165, 1.54) is 11.3 Å². The van der Waals surface area contributed by atoms with Crippen molar-refractivity contribution >= 4 is 11.8 Å². The minimum absolute atomic E-state index is 0.804. The van der Waals surface area contributed by atoms with Crippen molar-refractivity contribution in [1.82, 2.24) is 0 Å². The molecular formula is C13H22S. The van der Waals surface area contributed by atoms with Gasteiger partial charge in [-0.25, -0.2) is 0 Å². The average Bonchev–Trinajstić information content (AvgIpc) is 2.22. The molecule has 1 aromatic rings. The average molecular weight is 210 g/mol. The van der Waals surface area contributed by atoms with Gasteiger partial charge in [-0.2, -0.15) is 11.8 Å². The minimum atomic E-state index is 0.804. The molecule has 1 heteroatoms. The highest BCUT2D eigenvalue weighted by Crippen LogP contribution is 2.14. The SMILES string of the molecule is CC.CC(C)CSCc1ccccc1. The lowest BCUT2D eigenvalue weighted by molar-refractivity contribution is 0.750. The Bertz CT molecular complexity index is 204. The van der Waals surface area contributed by atoms with Crippen molar-refractivity contribution < 1.29 is 0 Å². The zero-order valence-corrected chi connectivity index (χ0v) is 10.6. The Hall–Kier alpha value is -0.430. The normalized spacial score (nSPS) is 9.50. The Morgan fingerprint density at radius 3 is 2.14 bits per heavy atom. The second-order valence-electron chi connectivity index (χ2n) is 3.39. The van der Waals surface area contributed by atoms with Gasteiger partial charge in [0.2, 0.25) is 0 Å². The standard InChI is InChI=1S/C11H16S.C2H6/c1-10(2)8-12-9-11-6-4-3-5-7-11;1-2/h3-7,10H,8-9H2,1-2H3;1-2H3. The molecular weight excluding hydrogens is 188 g/mol. The molecule has 0 heterocycles. The lowest BCUT2D eigenvalue weighted by Crippen LogP contribution is -1.91. The molecule has 0 radical (unpaired) electrons. The Morgan fingerprint density at radius 1 is 1.07 bits per heavy atom. The first kappa shape index (κ1) is 13.6. The summed E-state index contributed by atoms with van der Waals surface area (Å²) in [6, 6.07) is 10.6. The van der Waals surface area contributed by atoms with Gasteiger partial charge in [0.05, 0.1) is 0 Å². The third-order valence-electron chi connectivity index (χ3n) is 1.56.